The minimum Gasteiger partial charge on any atom is -0.508 e. The summed E-state index contributed by atoms with van der Waals surface area (Å²) in [5, 5.41) is 15.2. The SMILES string of the molecule is O=C(CCNS(=O)(=O)c1ccc(F)c(F)c1)NC(c1ccccc1)c1c(O)ccc2ccccc12. The first-order valence-electron chi connectivity index (χ1n) is 10.8. The van der Waals surface area contributed by atoms with E-state index in [9.17, 15) is 27.1 Å². The second kappa shape index (κ2) is 10.2. The Bertz CT molecular complexity index is 1480. The summed E-state index contributed by atoms with van der Waals surface area (Å²) in [7, 11) is -4.14. The first kappa shape index (κ1) is 24.3. The van der Waals surface area contributed by atoms with Crippen molar-refractivity contribution in [2.75, 3.05) is 6.54 Å². The zero-order chi connectivity index (χ0) is 25.0. The fraction of sp³-hybridized carbons (Fsp3) is 0.115. The van der Waals surface area contributed by atoms with E-state index in [1.54, 1.807) is 12.1 Å². The largest absolute Gasteiger partial charge is 0.508 e. The van der Waals surface area contributed by atoms with Crippen molar-refractivity contribution in [3.63, 3.8) is 0 Å². The lowest BCUT2D eigenvalue weighted by molar-refractivity contribution is -0.121. The van der Waals surface area contributed by atoms with Gasteiger partial charge >= 0.3 is 0 Å². The van der Waals surface area contributed by atoms with Crippen LogP contribution in [0, 0.1) is 11.6 Å². The monoisotopic (exact) mass is 496 g/mol. The van der Waals surface area contributed by atoms with E-state index < -0.39 is 38.5 Å². The summed E-state index contributed by atoms with van der Waals surface area (Å²) in [4.78, 5) is 12.4. The molecular weight excluding hydrogens is 474 g/mol. The van der Waals surface area contributed by atoms with Crippen molar-refractivity contribution in [3.8, 4) is 5.75 Å². The van der Waals surface area contributed by atoms with E-state index in [2.05, 4.69) is 10.0 Å². The van der Waals surface area contributed by atoms with Gasteiger partial charge in [0.15, 0.2) is 11.6 Å². The van der Waals surface area contributed by atoms with Gasteiger partial charge in [0.25, 0.3) is 0 Å². The molecule has 0 bridgehead atoms. The van der Waals surface area contributed by atoms with E-state index in [1.807, 2.05) is 54.6 Å². The highest BCUT2D eigenvalue weighted by molar-refractivity contribution is 7.89. The van der Waals surface area contributed by atoms with Gasteiger partial charge in [0.2, 0.25) is 15.9 Å². The minimum atomic E-state index is -4.14. The van der Waals surface area contributed by atoms with Gasteiger partial charge in [0.05, 0.1) is 10.9 Å². The highest BCUT2D eigenvalue weighted by Crippen LogP contribution is 2.35. The molecule has 0 aliphatic rings. The Hall–Kier alpha value is -3.82. The number of aromatic hydroxyl groups is 1. The Balaban J connectivity index is 1.54. The molecule has 0 aliphatic carbocycles. The van der Waals surface area contributed by atoms with Crippen LogP contribution in [0.5, 0.6) is 5.75 Å². The van der Waals surface area contributed by atoms with E-state index in [1.165, 1.54) is 0 Å². The Labute approximate surface area is 201 Å². The summed E-state index contributed by atoms with van der Waals surface area (Å²) in [6.07, 6.45) is -0.224. The predicted molar refractivity (Wildman–Crippen MR) is 128 cm³/mol. The molecule has 180 valence electrons. The number of carbonyl (C=O) groups excluding carboxylic acids is 1. The third kappa shape index (κ3) is 5.47. The standard InChI is InChI=1S/C26H22F2N2O4S/c27-21-12-11-19(16-22(21)28)35(33,34)29-15-14-24(32)30-26(18-7-2-1-3-8-18)25-20-9-5-4-6-17(20)10-13-23(25)31/h1-13,16,26,29,31H,14-15H2,(H,30,32). The number of carbonyl (C=O) groups is 1. The van der Waals surface area contributed by atoms with E-state index in [4.69, 9.17) is 0 Å². The molecule has 0 aromatic heterocycles. The lowest BCUT2D eigenvalue weighted by atomic mass is 9.92. The predicted octanol–water partition coefficient (Wildman–Crippen LogP) is 4.40. The highest BCUT2D eigenvalue weighted by atomic mass is 32.2. The van der Waals surface area contributed by atoms with E-state index in [0.717, 1.165) is 28.5 Å². The summed E-state index contributed by atoms with van der Waals surface area (Å²) >= 11 is 0. The molecule has 9 heteroatoms. The van der Waals surface area contributed by atoms with Gasteiger partial charge in [-0.1, -0.05) is 60.7 Å². The minimum absolute atomic E-state index is 0.0110. The molecule has 1 atom stereocenters. The lowest BCUT2D eigenvalue weighted by Crippen LogP contribution is -2.33. The van der Waals surface area contributed by atoms with Gasteiger partial charge in [0.1, 0.15) is 5.75 Å². The summed E-state index contributed by atoms with van der Waals surface area (Å²) in [6.45, 7) is -0.268. The average molecular weight is 497 g/mol. The van der Waals surface area contributed by atoms with E-state index in [-0.39, 0.29) is 18.7 Å². The second-order valence-electron chi connectivity index (χ2n) is 7.85. The maximum atomic E-state index is 13.4. The molecule has 6 nitrogen and oxygen atoms in total. The molecule has 0 heterocycles. The number of hydrogen-bond donors (Lipinski definition) is 3. The molecule has 4 rings (SSSR count). The van der Waals surface area contributed by atoms with Crippen LogP contribution in [0.1, 0.15) is 23.6 Å². The maximum absolute atomic E-state index is 13.4. The van der Waals surface area contributed by atoms with E-state index >= 15 is 0 Å². The van der Waals surface area contributed by atoms with Gasteiger partial charge in [-0.3, -0.25) is 4.79 Å². The van der Waals surface area contributed by atoms with Crippen LogP contribution in [0.3, 0.4) is 0 Å². The Kier molecular flexibility index (Phi) is 7.09. The molecular formula is C26H22F2N2O4S. The Morgan fingerprint density at radius 1 is 0.886 bits per heavy atom. The fourth-order valence-electron chi connectivity index (χ4n) is 3.81. The molecule has 3 N–H and O–H groups in total. The molecule has 0 aliphatic heterocycles. The van der Waals surface area contributed by atoms with Gasteiger partial charge in [-0.05, 0) is 40.6 Å². The van der Waals surface area contributed by atoms with Gasteiger partial charge < -0.3 is 10.4 Å². The van der Waals surface area contributed by atoms with Crippen molar-refractivity contribution in [1.82, 2.24) is 10.0 Å². The number of sulfonamides is 1. The van der Waals surface area contributed by atoms with Crippen molar-refractivity contribution in [2.45, 2.75) is 17.4 Å². The van der Waals surface area contributed by atoms with Crippen LogP contribution >= 0.6 is 0 Å². The maximum Gasteiger partial charge on any atom is 0.240 e. The molecule has 0 fully saturated rings. The summed E-state index contributed by atoms with van der Waals surface area (Å²) in [5.74, 6) is -2.91. The normalized spacial score (nSPS) is 12.4. The van der Waals surface area contributed by atoms with Gasteiger partial charge in [0, 0.05) is 18.5 Å². The number of hydrogen-bond acceptors (Lipinski definition) is 4. The van der Waals surface area contributed by atoms with Crippen LogP contribution in [-0.4, -0.2) is 26.0 Å². The number of phenolic OH excluding ortho intramolecular Hbond substituents is 1. The van der Waals surface area contributed by atoms with Crippen LogP contribution < -0.4 is 10.0 Å². The first-order chi connectivity index (χ1) is 16.8. The first-order valence-corrected chi connectivity index (χ1v) is 12.2. The number of rotatable bonds is 8. The summed E-state index contributed by atoms with van der Waals surface area (Å²) in [6, 6.07) is 21.4. The van der Waals surface area contributed by atoms with Crippen LogP contribution in [0.25, 0.3) is 10.8 Å². The zero-order valence-electron chi connectivity index (χ0n) is 18.4. The topological polar surface area (TPSA) is 95.5 Å². The number of benzene rings is 4. The number of phenols is 1. The molecule has 4 aromatic rings. The highest BCUT2D eigenvalue weighted by Gasteiger charge is 2.23. The fourth-order valence-corrected chi connectivity index (χ4v) is 4.86. The molecule has 0 saturated heterocycles. The summed E-state index contributed by atoms with van der Waals surface area (Å²) in [5.41, 5.74) is 1.25. The quantitative estimate of drug-likeness (QED) is 0.337. The van der Waals surface area contributed by atoms with Crippen LogP contribution in [-0.2, 0) is 14.8 Å². The Morgan fingerprint density at radius 3 is 2.34 bits per heavy atom. The third-order valence-electron chi connectivity index (χ3n) is 5.52. The van der Waals surface area contributed by atoms with Crippen molar-refractivity contribution in [3.05, 3.63) is 108 Å². The third-order valence-corrected chi connectivity index (χ3v) is 6.98. The Morgan fingerprint density at radius 2 is 1.60 bits per heavy atom. The van der Waals surface area contributed by atoms with Gasteiger partial charge in [-0.2, -0.15) is 0 Å². The van der Waals surface area contributed by atoms with Crippen LogP contribution in [0.15, 0.2) is 89.8 Å². The smallest absolute Gasteiger partial charge is 0.240 e. The van der Waals surface area contributed by atoms with Gasteiger partial charge in [-0.25, -0.2) is 21.9 Å². The number of halogens is 2. The second-order valence-corrected chi connectivity index (χ2v) is 9.62. The zero-order valence-corrected chi connectivity index (χ0v) is 19.2. The average Bonchev–Trinajstić information content (AvgIpc) is 2.85. The van der Waals surface area contributed by atoms with Crippen molar-refractivity contribution in [1.29, 1.82) is 0 Å². The van der Waals surface area contributed by atoms with Crippen LogP contribution in [0.4, 0.5) is 8.78 Å². The summed E-state index contributed by atoms with van der Waals surface area (Å²) < 4.78 is 53.5. The molecule has 0 saturated carbocycles. The van der Waals surface area contributed by atoms with Gasteiger partial charge in [-0.15, -0.1) is 0 Å². The van der Waals surface area contributed by atoms with Crippen molar-refractivity contribution < 1.29 is 27.1 Å². The molecule has 0 spiro atoms. The number of nitrogens with one attached hydrogen (secondary N) is 2. The lowest BCUT2D eigenvalue weighted by Gasteiger charge is -2.22. The van der Waals surface area contributed by atoms with Crippen LogP contribution in [0.2, 0.25) is 0 Å². The number of amides is 1. The number of fused-ring (bicyclic) bond motifs is 1. The van der Waals surface area contributed by atoms with Crippen molar-refractivity contribution >= 4 is 26.7 Å². The molecule has 35 heavy (non-hydrogen) atoms. The molecule has 4 aromatic carbocycles. The van der Waals surface area contributed by atoms with E-state index in [0.29, 0.717) is 11.6 Å². The molecule has 1 amide bonds. The van der Waals surface area contributed by atoms with Crippen molar-refractivity contribution in [2.24, 2.45) is 0 Å². The molecule has 0 radical (unpaired) electrons. The molecule has 1 unspecified atom stereocenters.